The molecule has 0 bridgehead atoms. The SMILES string of the molecule is C=C.C=C(Cc1c(C)cc(C)c2ccccc12)c1ccc(C)cc1.CC. The Morgan fingerprint density at radius 1 is 0.769 bits per heavy atom. The Morgan fingerprint density at radius 3 is 1.88 bits per heavy atom. The second-order valence-electron chi connectivity index (χ2n) is 6.18. The molecule has 3 aromatic rings. The summed E-state index contributed by atoms with van der Waals surface area (Å²) in [5.74, 6) is 0. The minimum Gasteiger partial charge on any atom is -0.106 e. The largest absolute Gasteiger partial charge is 0.106 e. The van der Waals surface area contributed by atoms with Crippen molar-refractivity contribution in [3.05, 3.63) is 102 Å². The molecule has 0 nitrogen and oxygen atoms in total. The molecule has 3 aromatic carbocycles. The second kappa shape index (κ2) is 10.4. The second-order valence-corrected chi connectivity index (χ2v) is 6.18. The maximum Gasteiger partial charge on any atom is -0.00169 e. The van der Waals surface area contributed by atoms with Crippen molar-refractivity contribution >= 4 is 16.3 Å². The zero-order valence-electron chi connectivity index (χ0n) is 17.0. The molecule has 0 N–H and O–H groups in total. The number of hydrogen-bond acceptors (Lipinski definition) is 0. The molecule has 0 aliphatic rings. The van der Waals surface area contributed by atoms with Crippen LogP contribution in [0.25, 0.3) is 16.3 Å². The fraction of sp³-hybridized carbons (Fsp3) is 0.231. The molecule has 0 atom stereocenters. The Kier molecular flexibility index (Phi) is 8.58. The highest BCUT2D eigenvalue weighted by molar-refractivity contribution is 5.91. The van der Waals surface area contributed by atoms with Gasteiger partial charge in [0.15, 0.2) is 0 Å². The molecule has 3 rings (SSSR count). The van der Waals surface area contributed by atoms with Crippen molar-refractivity contribution in [3.63, 3.8) is 0 Å². The molecule has 0 amide bonds. The van der Waals surface area contributed by atoms with Crippen LogP contribution in [0, 0.1) is 20.8 Å². The van der Waals surface area contributed by atoms with Crippen LogP contribution in [0.2, 0.25) is 0 Å². The van der Waals surface area contributed by atoms with Crippen LogP contribution in [0.4, 0.5) is 0 Å². The number of allylic oxidation sites excluding steroid dienone is 1. The van der Waals surface area contributed by atoms with Gasteiger partial charge in [0.05, 0.1) is 0 Å². The summed E-state index contributed by atoms with van der Waals surface area (Å²) in [5, 5.41) is 2.70. The van der Waals surface area contributed by atoms with Crippen molar-refractivity contribution < 1.29 is 0 Å². The molecule has 0 aliphatic heterocycles. The number of aryl methyl sites for hydroxylation is 3. The van der Waals surface area contributed by atoms with E-state index in [2.05, 4.69) is 95.1 Å². The standard InChI is InChI=1S/C22H22.C2H6.C2H4/c1-15-9-11-19(12-10-15)16(2)14-22-18(4)13-17(3)20-7-5-6-8-21(20)22;2*1-2/h5-13H,2,14H2,1,3-4H3;1-2H3;1-2H2. The number of benzene rings is 3. The lowest BCUT2D eigenvalue weighted by Crippen LogP contribution is -1.96. The Bertz CT molecular complexity index is 851. The zero-order valence-corrected chi connectivity index (χ0v) is 17.0. The molecule has 0 unspecified atom stereocenters. The topological polar surface area (TPSA) is 0 Å². The summed E-state index contributed by atoms with van der Waals surface area (Å²) in [6.07, 6.45) is 0.898. The van der Waals surface area contributed by atoms with Crippen LogP contribution in [0.1, 0.15) is 41.7 Å². The third-order valence-corrected chi connectivity index (χ3v) is 4.44. The van der Waals surface area contributed by atoms with Crippen molar-refractivity contribution in [1.82, 2.24) is 0 Å². The number of rotatable bonds is 3. The molecular formula is C26H32. The molecule has 0 saturated carbocycles. The molecule has 0 spiro atoms. The molecule has 0 heteroatoms. The highest BCUT2D eigenvalue weighted by Crippen LogP contribution is 2.29. The Balaban J connectivity index is 0.000000791. The predicted octanol–water partition coefficient (Wildman–Crippen LogP) is 7.85. The van der Waals surface area contributed by atoms with Crippen molar-refractivity contribution in [2.45, 2.75) is 41.0 Å². The van der Waals surface area contributed by atoms with E-state index in [4.69, 9.17) is 0 Å². The first-order valence-electron chi connectivity index (χ1n) is 9.29. The van der Waals surface area contributed by atoms with E-state index in [0.29, 0.717) is 0 Å². The van der Waals surface area contributed by atoms with Gasteiger partial charge in [0.1, 0.15) is 0 Å². The van der Waals surface area contributed by atoms with Gasteiger partial charge < -0.3 is 0 Å². The fourth-order valence-electron chi connectivity index (χ4n) is 3.13. The van der Waals surface area contributed by atoms with Gasteiger partial charge >= 0.3 is 0 Å². The van der Waals surface area contributed by atoms with Crippen molar-refractivity contribution in [2.24, 2.45) is 0 Å². The van der Waals surface area contributed by atoms with Crippen LogP contribution in [-0.2, 0) is 6.42 Å². The smallest absolute Gasteiger partial charge is 0.00169 e. The van der Waals surface area contributed by atoms with E-state index < -0.39 is 0 Å². The summed E-state index contributed by atoms with van der Waals surface area (Å²) in [6.45, 7) is 20.8. The van der Waals surface area contributed by atoms with Gasteiger partial charge in [0.2, 0.25) is 0 Å². The summed E-state index contributed by atoms with van der Waals surface area (Å²) in [5.41, 5.74) is 7.79. The summed E-state index contributed by atoms with van der Waals surface area (Å²) in [6, 6.07) is 19.6. The normalized spacial score (nSPS) is 9.58. The van der Waals surface area contributed by atoms with Gasteiger partial charge in [-0.15, -0.1) is 13.2 Å². The van der Waals surface area contributed by atoms with Crippen LogP contribution in [-0.4, -0.2) is 0 Å². The van der Waals surface area contributed by atoms with Crippen molar-refractivity contribution in [2.75, 3.05) is 0 Å². The van der Waals surface area contributed by atoms with Crippen molar-refractivity contribution in [3.8, 4) is 0 Å². The summed E-state index contributed by atoms with van der Waals surface area (Å²) < 4.78 is 0. The Labute approximate surface area is 159 Å². The first kappa shape index (κ1) is 21.4. The Hall–Kier alpha value is -2.60. The van der Waals surface area contributed by atoms with Gasteiger partial charge in [-0.2, -0.15) is 0 Å². The van der Waals surface area contributed by atoms with Gasteiger partial charge in [-0.25, -0.2) is 0 Å². The van der Waals surface area contributed by atoms with E-state index in [1.54, 1.807) is 0 Å². The molecule has 0 radical (unpaired) electrons. The minimum absolute atomic E-state index is 0.898. The monoisotopic (exact) mass is 344 g/mol. The summed E-state index contributed by atoms with van der Waals surface area (Å²) in [7, 11) is 0. The van der Waals surface area contributed by atoms with E-state index in [0.717, 1.165) is 6.42 Å². The molecular weight excluding hydrogens is 312 g/mol. The highest BCUT2D eigenvalue weighted by atomic mass is 14.1. The highest BCUT2D eigenvalue weighted by Gasteiger charge is 2.09. The van der Waals surface area contributed by atoms with Crippen LogP contribution in [0.15, 0.2) is 74.3 Å². The Morgan fingerprint density at radius 2 is 1.31 bits per heavy atom. The maximum absolute atomic E-state index is 4.32. The first-order valence-corrected chi connectivity index (χ1v) is 9.29. The lowest BCUT2D eigenvalue weighted by atomic mass is 9.90. The van der Waals surface area contributed by atoms with Crippen LogP contribution in [0.5, 0.6) is 0 Å². The van der Waals surface area contributed by atoms with Gasteiger partial charge in [0, 0.05) is 0 Å². The van der Waals surface area contributed by atoms with E-state index >= 15 is 0 Å². The summed E-state index contributed by atoms with van der Waals surface area (Å²) >= 11 is 0. The molecule has 0 fully saturated rings. The molecule has 136 valence electrons. The quantitative estimate of drug-likeness (QED) is 0.424. The maximum atomic E-state index is 4.32. The summed E-state index contributed by atoms with van der Waals surface area (Å²) in [4.78, 5) is 0. The average Bonchev–Trinajstić information content (AvgIpc) is 2.68. The molecule has 0 saturated heterocycles. The van der Waals surface area contributed by atoms with Crippen molar-refractivity contribution in [1.29, 1.82) is 0 Å². The lowest BCUT2D eigenvalue weighted by molar-refractivity contribution is 1.24. The van der Waals surface area contributed by atoms with E-state index in [1.807, 2.05) is 13.8 Å². The third-order valence-electron chi connectivity index (χ3n) is 4.44. The zero-order chi connectivity index (χ0) is 19.7. The van der Waals surface area contributed by atoms with Gasteiger partial charge in [-0.1, -0.05) is 80.6 Å². The number of fused-ring (bicyclic) bond motifs is 1. The molecule has 0 aromatic heterocycles. The molecule has 0 heterocycles. The minimum atomic E-state index is 0.898. The molecule has 0 aliphatic carbocycles. The van der Waals surface area contributed by atoms with E-state index in [1.165, 1.54) is 44.2 Å². The van der Waals surface area contributed by atoms with Gasteiger partial charge in [0.25, 0.3) is 0 Å². The lowest BCUT2D eigenvalue weighted by Gasteiger charge is -2.14. The number of hydrogen-bond donors (Lipinski definition) is 0. The van der Waals surface area contributed by atoms with Crippen LogP contribution < -0.4 is 0 Å². The first-order chi connectivity index (χ1) is 12.6. The fourth-order valence-corrected chi connectivity index (χ4v) is 3.13. The van der Waals surface area contributed by atoms with E-state index in [-0.39, 0.29) is 0 Å². The third kappa shape index (κ3) is 4.95. The molecule has 26 heavy (non-hydrogen) atoms. The van der Waals surface area contributed by atoms with Crippen LogP contribution >= 0.6 is 0 Å². The van der Waals surface area contributed by atoms with Gasteiger partial charge in [-0.3, -0.25) is 0 Å². The van der Waals surface area contributed by atoms with E-state index in [9.17, 15) is 0 Å². The van der Waals surface area contributed by atoms with Gasteiger partial charge in [-0.05, 0) is 65.8 Å². The predicted molar refractivity (Wildman–Crippen MR) is 120 cm³/mol. The van der Waals surface area contributed by atoms with Crippen LogP contribution in [0.3, 0.4) is 0 Å². The average molecular weight is 345 g/mol.